The Labute approximate surface area is 168 Å². The van der Waals surface area contributed by atoms with Gasteiger partial charge in [0, 0.05) is 5.41 Å². The zero-order valence-electron chi connectivity index (χ0n) is 16.7. The van der Waals surface area contributed by atoms with Crippen LogP contribution in [0.4, 0.5) is 0 Å². The van der Waals surface area contributed by atoms with Gasteiger partial charge in [-0.15, -0.1) is 0 Å². The van der Waals surface area contributed by atoms with Crippen molar-refractivity contribution >= 4 is 0 Å². The highest BCUT2D eigenvalue weighted by molar-refractivity contribution is 5.44. The molecule has 3 aliphatic rings. The summed E-state index contributed by atoms with van der Waals surface area (Å²) in [5.41, 5.74) is 3.76. The summed E-state index contributed by atoms with van der Waals surface area (Å²) in [5, 5.41) is 21.7. The molecule has 148 valence electrons. The lowest BCUT2D eigenvalue weighted by Gasteiger charge is -2.55. The van der Waals surface area contributed by atoms with E-state index in [1.54, 1.807) is 0 Å². The lowest BCUT2D eigenvalue weighted by atomic mass is 9.51. The second kappa shape index (κ2) is 6.91. The van der Waals surface area contributed by atoms with Crippen LogP contribution in [0, 0.1) is 11.8 Å². The van der Waals surface area contributed by atoms with Crippen molar-refractivity contribution in [2.75, 3.05) is 0 Å². The minimum atomic E-state index is -0.463. The monoisotopic (exact) mass is 376 g/mol. The van der Waals surface area contributed by atoms with Crippen LogP contribution in [0.1, 0.15) is 68.1 Å². The smallest absolute Gasteiger partial charge is 0.115 e. The van der Waals surface area contributed by atoms with Gasteiger partial charge in [0.15, 0.2) is 0 Å². The van der Waals surface area contributed by atoms with Gasteiger partial charge >= 0.3 is 0 Å². The molecule has 0 aliphatic heterocycles. The molecule has 2 aromatic rings. The summed E-state index contributed by atoms with van der Waals surface area (Å²) < 4.78 is 0. The predicted octanol–water partition coefficient (Wildman–Crippen LogP) is 5.54. The highest BCUT2D eigenvalue weighted by Crippen LogP contribution is 2.57. The van der Waals surface area contributed by atoms with Gasteiger partial charge in [0.25, 0.3) is 0 Å². The van der Waals surface area contributed by atoms with Crippen molar-refractivity contribution in [3.8, 4) is 5.75 Å². The molecule has 2 aromatic carbocycles. The molecule has 5 rings (SSSR count). The van der Waals surface area contributed by atoms with Gasteiger partial charge in [-0.05, 0) is 92.0 Å². The number of aryl methyl sites for hydroxylation is 1. The first-order valence-electron chi connectivity index (χ1n) is 11.2. The number of aliphatic hydroxyl groups is 1. The highest BCUT2D eigenvalue weighted by Gasteiger charge is 2.53. The van der Waals surface area contributed by atoms with E-state index >= 15 is 0 Å². The van der Waals surface area contributed by atoms with Crippen LogP contribution in [-0.4, -0.2) is 15.8 Å². The van der Waals surface area contributed by atoms with Gasteiger partial charge in [-0.1, -0.05) is 49.2 Å². The number of rotatable bonds is 3. The summed E-state index contributed by atoms with van der Waals surface area (Å²) in [6.45, 7) is 0. The molecular weight excluding hydrogens is 344 g/mol. The number of hydrogen-bond acceptors (Lipinski definition) is 2. The first-order valence-corrected chi connectivity index (χ1v) is 11.2. The quantitative estimate of drug-likeness (QED) is 0.738. The fourth-order valence-electron chi connectivity index (χ4n) is 6.83. The summed E-state index contributed by atoms with van der Waals surface area (Å²) in [7, 11) is 0. The second-order valence-corrected chi connectivity index (χ2v) is 9.68. The van der Waals surface area contributed by atoms with Crippen molar-refractivity contribution in [1.82, 2.24) is 0 Å². The summed E-state index contributed by atoms with van der Waals surface area (Å²) in [6, 6.07) is 16.9. The Morgan fingerprint density at radius 3 is 2.46 bits per heavy atom. The zero-order valence-corrected chi connectivity index (χ0v) is 16.7. The fraction of sp³-hybridized carbons (Fsp3) is 0.538. The molecule has 2 N–H and O–H groups in total. The van der Waals surface area contributed by atoms with Gasteiger partial charge in [0.1, 0.15) is 5.75 Å². The van der Waals surface area contributed by atoms with Gasteiger partial charge in [-0.3, -0.25) is 0 Å². The Bertz CT molecular complexity index is 839. The Kier molecular flexibility index (Phi) is 4.50. The third kappa shape index (κ3) is 2.97. The van der Waals surface area contributed by atoms with E-state index in [0.29, 0.717) is 17.6 Å². The SMILES string of the molecule is Oc1ccc2c(c1)CC[C@@H]1CC(O)(C3CCCC3)CC[C@@]21Cc1ccccc1. The number of benzene rings is 2. The van der Waals surface area contributed by atoms with Crippen LogP contribution in [0.15, 0.2) is 48.5 Å². The van der Waals surface area contributed by atoms with Crippen molar-refractivity contribution in [2.24, 2.45) is 11.8 Å². The molecule has 3 aliphatic carbocycles. The van der Waals surface area contributed by atoms with Gasteiger partial charge in [0.05, 0.1) is 5.60 Å². The molecule has 3 atom stereocenters. The Hall–Kier alpha value is -1.80. The number of phenols is 1. The third-order valence-electron chi connectivity index (χ3n) is 8.25. The van der Waals surface area contributed by atoms with Gasteiger partial charge in [-0.2, -0.15) is 0 Å². The van der Waals surface area contributed by atoms with E-state index in [2.05, 4.69) is 36.4 Å². The lowest BCUT2D eigenvalue weighted by molar-refractivity contribution is -0.0894. The molecule has 2 fully saturated rings. The highest BCUT2D eigenvalue weighted by atomic mass is 16.3. The number of hydrogen-bond donors (Lipinski definition) is 2. The van der Waals surface area contributed by atoms with Crippen LogP contribution in [-0.2, 0) is 18.3 Å². The molecule has 28 heavy (non-hydrogen) atoms. The van der Waals surface area contributed by atoms with Gasteiger partial charge < -0.3 is 10.2 Å². The average Bonchev–Trinajstić information content (AvgIpc) is 3.25. The fourth-order valence-corrected chi connectivity index (χ4v) is 6.83. The number of phenolic OH excluding ortho intramolecular Hbond substituents is 1. The van der Waals surface area contributed by atoms with E-state index in [-0.39, 0.29) is 5.41 Å². The van der Waals surface area contributed by atoms with Gasteiger partial charge in [-0.25, -0.2) is 0 Å². The van der Waals surface area contributed by atoms with Crippen molar-refractivity contribution in [1.29, 1.82) is 0 Å². The van der Waals surface area contributed by atoms with E-state index in [1.165, 1.54) is 42.4 Å². The maximum atomic E-state index is 11.6. The molecule has 1 unspecified atom stereocenters. The van der Waals surface area contributed by atoms with Crippen molar-refractivity contribution in [3.05, 3.63) is 65.2 Å². The van der Waals surface area contributed by atoms with Crippen molar-refractivity contribution < 1.29 is 10.2 Å². The molecule has 0 saturated heterocycles. The standard InChI is InChI=1S/C26H32O2/c27-23-12-13-24-20(16-23)10-11-22-18-26(28,21-8-4-5-9-21)15-14-25(22,24)17-19-6-2-1-3-7-19/h1-3,6-7,12-13,16,21-22,27-28H,4-5,8-11,14-15,17-18H2/t22-,25+,26?/m1/s1. The first kappa shape index (κ1) is 18.2. The van der Waals surface area contributed by atoms with E-state index in [9.17, 15) is 10.2 Å². The molecule has 0 radical (unpaired) electrons. The third-order valence-corrected chi connectivity index (χ3v) is 8.25. The minimum absolute atomic E-state index is 0.0907. The Morgan fingerprint density at radius 2 is 1.68 bits per heavy atom. The summed E-state index contributed by atoms with van der Waals surface area (Å²) >= 11 is 0. The first-order chi connectivity index (χ1) is 13.6. The topological polar surface area (TPSA) is 40.5 Å². The number of aromatic hydroxyl groups is 1. The van der Waals surface area contributed by atoms with Crippen molar-refractivity contribution in [2.45, 2.75) is 75.2 Å². The largest absolute Gasteiger partial charge is 0.508 e. The van der Waals surface area contributed by atoms with E-state index in [4.69, 9.17) is 0 Å². The molecule has 0 amide bonds. The Morgan fingerprint density at radius 1 is 0.893 bits per heavy atom. The number of fused-ring (bicyclic) bond motifs is 3. The van der Waals surface area contributed by atoms with E-state index < -0.39 is 5.60 Å². The maximum absolute atomic E-state index is 11.6. The van der Waals surface area contributed by atoms with Crippen LogP contribution in [0.3, 0.4) is 0 Å². The van der Waals surface area contributed by atoms with Crippen LogP contribution >= 0.6 is 0 Å². The summed E-state index contributed by atoms with van der Waals surface area (Å²) in [5.74, 6) is 1.40. The summed E-state index contributed by atoms with van der Waals surface area (Å²) in [6.07, 6.45) is 11.1. The van der Waals surface area contributed by atoms with E-state index in [0.717, 1.165) is 38.5 Å². The van der Waals surface area contributed by atoms with E-state index in [1.807, 2.05) is 12.1 Å². The summed E-state index contributed by atoms with van der Waals surface area (Å²) in [4.78, 5) is 0. The molecule has 0 spiro atoms. The molecular formula is C26H32O2. The molecule has 0 bridgehead atoms. The molecule has 2 nitrogen and oxygen atoms in total. The van der Waals surface area contributed by atoms with Crippen LogP contribution < -0.4 is 0 Å². The second-order valence-electron chi connectivity index (χ2n) is 9.68. The zero-order chi connectivity index (χ0) is 19.2. The lowest BCUT2D eigenvalue weighted by Crippen LogP contribution is -2.53. The average molecular weight is 377 g/mol. The minimum Gasteiger partial charge on any atom is -0.508 e. The molecule has 2 saturated carbocycles. The normalized spacial score (nSPS) is 32.7. The van der Waals surface area contributed by atoms with Crippen molar-refractivity contribution in [3.63, 3.8) is 0 Å². The van der Waals surface area contributed by atoms with Crippen LogP contribution in [0.25, 0.3) is 0 Å². The van der Waals surface area contributed by atoms with Crippen LogP contribution in [0.5, 0.6) is 5.75 Å². The molecule has 0 heterocycles. The molecule has 2 heteroatoms. The van der Waals surface area contributed by atoms with Gasteiger partial charge in [0.2, 0.25) is 0 Å². The van der Waals surface area contributed by atoms with Crippen LogP contribution in [0.2, 0.25) is 0 Å². The maximum Gasteiger partial charge on any atom is 0.115 e. The molecule has 0 aromatic heterocycles. The predicted molar refractivity (Wildman–Crippen MR) is 113 cm³/mol. The Balaban J connectivity index is 1.54.